The van der Waals surface area contributed by atoms with Crippen molar-refractivity contribution in [3.8, 4) is 0 Å². The lowest BCUT2D eigenvalue weighted by atomic mass is 9.95. The monoisotopic (exact) mass is 357 g/mol. The molecule has 0 saturated carbocycles. The van der Waals surface area contributed by atoms with Crippen molar-refractivity contribution >= 4 is 17.5 Å². The number of carbonyl (C=O) groups is 2. The molecule has 1 aromatic rings. The number of aryl methyl sites for hydroxylation is 1. The van der Waals surface area contributed by atoms with Crippen LogP contribution in [0.2, 0.25) is 0 Å². The Morgan fingerprint density at radius 3 is 2.54 bits per heavy atom. The number of hydrogen-bond donors (Lipinski definition) is 0. The van der Waals surface area contributed by atoms with Crippen LogP contribution in [-0.2, 0) is 16.0 Å². The first-order valence-electron chi connectivity index (χ1n) is 9.84. The topological polar surface area (TPSA) is 43.9 Å². The molecule has 1 saturated heterocycles. The number of fused-ring (bicyclic) bond motifs is 1. The number of rotatable bonds is 4. The number of amides is 2. The minimum atomic E-state index is 0.0576. The number of likely N-dealkylation sites (tertiary alicyclic amines) is 1. The highest BCUT2D eigenvalue weighted by Crippen LogP contribution is 2.27. The smallest absolute Gasteiger partial charge is 0.242 e. The molecule has 142 valence electrons. The van der Waals surface area contributed by atoms with Gasteiger partial charge in [-0.2, -0.15) is 0 Å². The van der Waals surface area contributed by atoms with Gasteiger partial charge in [-0.15, -0.1) is 0 Å². The average Bonchev–Trinajstić information content (AvgIpc) is 2.67. The summed E-state index contributed by atoms with van der Waals surface area (Å²) in [7, 11) is 1.87. The van der Waals surface area contributed by atoms with Crippen LogP contribution in [0.1, 0.15) is 38.7 Å². The molecule has 0 spiro atoms. The first-order valence-corrected chi connectivity index (χ1v) is 9.84. The fraction of sp³-hybridized carbons (Fsp3) is 0.619. The maximum absolute atomic E-state index is 12.8. The second-order valence-electron chi connectivity index (χ2n) is 7.85. The fourth-order valence-corrected chi connectivity index (χ4v) is 3.96. The van der Waals surface area contributed by atoms with Gasteiger partial charge in [-0.1, -0.05) is 18.2 Å². The summed E-state index contributed by atoms with van der Waals surface area (Å²) in [4.78, 5) is 31.2. The Bertz CT molecular complexity index is 650. The van der Waals surface area contributed by atoms with E-state index in [1.54, 1.807) is 0 Å². The molecule has 2 aliphatic heterocycles. The molecule has 2 amide bonds. The van der Waals surface area contributed by atoms with E-state index in [0.717, 1.165) is 32.2 Å². The number of hydrogen-bond acceptors (Lipinski definition) is 3. The van der Waals surface area contributed by atoms with Gasteiger partial charge in [-0.3, -0.25) is 9.59 Å². The molecule has 2 heterocycles. The molecule has 5 nitrogen and oxygen atoms in total. The molecule has 1 fully saturated rings. The summed E-state index contributed by atoms with van der Waals surface area (Å²) in [6.45, 7) is 6.84. The van der Waals surface area contributed by atoms with E-state index in [-0.39, 0.29) is 23.8 Å². The standard InChI is InChI=1S/C21H31N3O2/c1-16(2)22(3)21(26)18-10-13-23(14-11-18)20(25)15-24-12-6-8-17-7-4-5-9-19(17)24/h4-5,7,9,16,18H,6,8,10-15H2,1-3H3. The molecule has 0 aliphatic carbocycles. The Kier molecular flexibility index (Phi) is 5.84. The minimum absolute atomic E-state index is 0.0576. The second kappa shape index (κ2) is 8.11. The van der Waals surface area contributed by atoms with Crippen molar-refractivity contribution in [1.29, 1.82) is 0 Å². The van der Waals surface area contributed by atoms with Crippen molar-refractivity contribution < 1.29 is 9.59 Å². The third-order valence-corrected chi connectivity index (χ3v) is 5.85. The first kappa shape index (κ1) is 18.7. The molecule has 0 aromatic heterocycles. The Labute approximate surface area is 156 Å². The molecule has 0 bridgehead atoms. The molecular weight excluding hydrogens is 326 g/mol. The summed E-state index contributed by atoms with van der Waals surface area (Å²) >= 11 is 0. The van der Waals surface area contributed by atoms with Crippen LogP contribution in [0.5, 0.6) is 0 Å². The van der Waals surface area contributed by atoms with E-state index in [0.29, 0.717) is 19.6 Å². The molecular formula is C21H31N3O2. The van der Waals surface area contributed by atoms with Crippen LogP contribution >= 0.6 is 0 Å². The minimum Gasteiger partial charge on any atom is -0.362 e. The van der Waals surface area contributed by atoms with Crippen LogP contribution in [0.3, 0.4) is 0 Å². The molecule has 3 rings (SSSR count). The normalized spacial score (nSPS) is 18.0. The van der Waals surface area contributed by atoms with E-state index >= 15 is 0 Å². The van der Waals surface area contributed by atoms with Crippen molar-refractivity contribution in [1.82, 2.24) is 9.80 Å². The number of carbonyl (C=O) groups excluding carboxylic acids is 2. The molecule has 0 N–H and O–H groups in total. The fourth-order valence-electron chi connectivity index (χ4n) is 3.96. The van der Waals surface area contributed by atoms with Gasteiger partial charge in [0.25, 0.3) is 0 Å². The number of para-hydroxylation sites is 1. The highest BCUT2D eigenvalue weighted by atomic mass is 16.2. The van der Waals surface area contributed by atoms with Crippen LogP contribution in [0.4, 0.5) is 5.69 Å². The Morgan fingerprint density at radius 2 is 1.85 bits per heavy atom. The zero-order valence-electron chi connectivity index (χ0n) is 16.3. The lowest BCUT2D eigenvalue weighted by Gasteiger charge is -2.36. The third-order valence-electron chi connectivity index (χ3n) is 5.85. The second-order valence-corrected chi connectivity index (χ2v) is 7.85. The Morgan fingerprint density at radius 1 is 1.15 bits per heavy atom. The maximum Gasteiger partial charge on any atom is 0.242 e. The SMILES string of the molecule is CC(C)N(C)C(=O)C1CCN(C(=O)CN2CCCc3ccccc32)CC1. The summed E-state index contributed by atoms with van der Waals surface area (Å²) < 4.78 is 0. The van der Waals surface area contributed by atoms with E-state index in [4.69, 9.17) is 0 Å². The summed E-state index contributed by atoms with van der Waals surface area (Å²) in [6.07, 6.45) is 3.75. The molecule has 0 atom stereocenters. The van der Waals surface area contributed by atoms with E-state index < -0.39 is 0 Å². The van der Waals surface area contributed by atoms with Crippen molar-refractivity contribution in [3.05, 3.63) is 29.8 Å². The Hall–Kier alpha value is -2.04. The van der Waals surface area contributed by atoms with E-state index in [1.807, 2.05) is 36.8 Å². The van der Waals surface area contributed by atoms with E-state index in [9.17, 15) is 9.59 Å². The lowest BCUT2D eigenvalue weighted by Crippen LogP contribution is -2.48. The molecule has 2 aliphatic rings. The highest BCUT2D eigenvalue weighted by Gasteiger charge is 2.30. The maximum atomic E-state index is 12.8. The predicted octanol–water partition coefficient (Wildman–Crippen LogP) is 2.54. The summed E-state index contributed by atoms with van der Waals surface area (Å²) in [6, 6.07) is 8.62. The van der Waals surface area contributed by atoms with Gasteiger partial charge in [0, 0.05) is 44.3 Å². The van der Waals surface area contributed by atoms with Gasteiger partial charge in [-0.05, 0) is 51.2 Å². The van der Waals surface area contributed by atoms with Gasteiger partial charge >= 0.3 is 0 Å². The number of piperidine rings is 1. The molecule has 0 unspecified atom stereocenters. The van der Waals surface area contributed by atoms with Crippen molar-refractivity contribution in [2.24, 2.45) is 5.92 Å². The van der Waals surface area contributed by atoms with Gasteiger partial charge < -0.3 is 14.7 Å². The van der Waals surface area contributed by atoms with Crippen LogP contribution in [0, 0.1) is 5.92 Å². The quantitative estimate of drug-likeness (QED) is 0.832. The zero-order chi connectivity index (χ0) is 18.7. The predicted molar refractivity (Wildman–Crippen MR) is 104 cm³/mol. The molecule has 1 aromatic carbocycles. The highest BCUT2D eigenvalue weighted by molar-refractivity contribution is 5.83. The van der Waals surface area contributed by atoms with Gasteiger partial charge in [0.2, 0.25) is 11.8 Å². The summed E-state index contributed by atoms with van der Waals surface area (Å²) in [5.41, 5.74) is 2.54. The largest absolute Gasteiger partial charge is 0.362 e. The average molecular weight is 357 g/mol. The Balaban J connectivity index is 1.54. The van der Waals surface area contributed by atoms with Crippen LogP contribution in [0.15, 0.2) is 24.3 Å². The van der Waals surface area contributed by atoms with Gasteiger partial charge in [-0.25, -0.2) is 0 Å². The summed E-state index contributed by atoms with van der Waals surface area (Å²) in [5.74, 6) is 0.462. The third kappa shape index (κ3) is 4.02. The van der Waals surface area contributed by atoms with Gasteiger partial charge in [0.15, 0.2) is 0 Å². The number of anilines is 1. The summed E-state index contributed by atoms with van der Waals surface area (Å²) in [5, 5.41) is 0. The van der Waals surface area contributed by atoms with Crippen molar-refractivity contribution in [2.75, 3.05) is 38.1 Å². The van der Waals surface area contributed by atoms with Crippen LogP contribution in [-0.4, -0.2) is 60.9 Å². The molecule has 26 heavy (non-hydrogen) atoms. The number of nitrogens with zero attached hydrogens (tertiary/aromatic N) is 3. The molecule has 0 radical (unpaired) electrons. The van der Waals surface area contributed by atoms with Gasteiger partial charge in [0.05, 0.1) is 6.54 Å². The lowest BCUT2D eigenvalue weighted by molar-refractivity contribution is -0.140. The first-order chi connectivity index (χ1) is 12.5. The van der Waals surface area contributed by atoms with E-state index in [1.165, 1.54) is 11.3 Å². The van der Waals surface area contributed by atoms with Gasteiger partial charge in [0.1, 0.15) is 0 Å². The van der Waals surface area contributed by atoms with Crippen LogP contribution in [0.25, 0.3) is 0 Å². The molecule has 5 heteroatoms. The van der Waals surface area contributed by atoms with Crippen molar-refractivity contribution in [3.63, 3.8) is 0 Å². The van der Waals surface area contributed by atoms with E-state index in [2.05, 4.69) is 23.1 Å². The number of benzene rings is 1. The zero-order valence-corrected chi connectivity index (χ0v) is 16.3. The van der Waals surface area contributed by atoms with Crippen LogP contribution < -0.4 is 4.90 Å². The van der Waals surface area contributed by atoms with Crippen molar-refractivity contribution in [2.45, 2.75) is 45.6 Å².